The number of aryl methyl sites for hydroxylation is 1. The number of rotatable bonds is 2. The molecule has 0 aliphatic carbocycles. The lowest BCUT2D eigenvalue weighted by atomic mass is 10.3. The largest absolute Gasteiger partial charge is 0.337 e. The van der Waals surface area contributed by atoms with E-state index in [2.05, 4.69) is 17.0 Å². The van der Waals surface area contributed by atoms with E-state index in [-0.39, 0.29) is 5.91 Å². The van der Waals surface area contributed by atoms with E-state index >= 15 is 0 Å². The van der Waals surface area contributed by atoms with Crippen molar-refractivity contribution in [1.29, 1.82) is 0 Å². The van der Waals surface area contributed by atoms with Crippen LogP contribution in [0, 0.1) is 6.92 Å². The number of carbonyl (C=O) groups is 1. The van der Waals surface area contributed by atoms with Gasteiger partial charge in [-0.1, -0.05) is 23.7 Å². The fraction of sp³-hybridized carbons (Fsp3) is 0.368. The molecule has 26 heavy (non-hydrogen) atoms. The van der Waals surface area contributed by atoms with Crippen molar-refractivity contribution in [1.82, 2.24) is 19.6 Å². The first-order valence-corrected chi connectivity index (χ1v) is 9.96. The number of hydrogen-bond acceptors (Lipinski definition) is 4. The Bertz CT molecular complexity index is 964. The molecule has 7 heteroatoms. The maximum atomic E-state index is 13.0. The van der Waals surface area contributed by atoms with Gasteiger partial charge in [0.1, 0.15) is 4.83 Å². The Morgan fingerprint density at radius 3 is 2.81 bits per heavy atom. The quantitative estimate of drug-likeness (QED) is 0.670. The van der Waals surface area contributed by atoms with Crippen molar-refractivity contribution >= 4 is 39.1 Å². The molecular weight excluding hydrogens is 368 g/mol. The predicted molar refractivity (Wildman–Crippen MR) is 107 cm³/mol. The Balaban J connectivity index is 1.71. The number of amides is 1. The van der Waals surface area contributed by atoms with E-state index < -0.39 is 0 Å². The molecule has 0 saturated carbocycles. The number of thiophene rings is 1. The van der Waals surface area contributed by atoms with E-state index in [1.54, 1.807) is 0 Å². The molecule has 3 aromatic rings. The van der Waals surface area contributed by atoms with Crippen molar-refractivity contribution in [3.8, 4) is 5.69 Å². The zero-order valence-corrected chi connectivity index (χ0v) is 16.5. The van der Waals surface area contributed by atoms with Gasteiger partial charge in [-0.2, -0.15) is 5.10 Å². The van der Waals surface area contributed by atoms with Crippen LogP contribution >= 0.6 is 22.9 Å². The Hall–Kier alpha value is -1.89. The highest BCUT2D eigenvalue weighted by Crippen LogP contribution is 2.33. The summed E-state index contributed by atoms with van der Waals surface area (Å²) >= 11 is 7.85. The number of nitrogens with zero attached hydrogens (tertiary/aromatic N) is 4. The predicted octanol–water partition coefficient (Wildman–Crippen LogP) is 3.83. The van der Waals surface area contributed by atoms with Crippen LogP contribution in [0.25, 0.3) is 15.9 Å². The third-order valence-electron chi connectivity index (χ3n) is 4.84. The van der Waals surface area contributed by atoms with Crippen molar-refractivity contribution in [3.05, 3.63) is 45.9 Å². The first kappa shape index (κ1) is 17.5. The van der Waals surface area contributed by atoms with Gasteiger partial charge in [-0.3, -0.25) is 4.79 Å². The van der Waals surface area contributed by atoms with Gasteiger partial charge in [0.05, 0.1) is 21.3 Å². The van der Waals surface area contributed by atoms with E-state index in [1.807, 2.05) is 46.8 Å². The van der Waals surface area contributed by atoms with Gasteiger partial charge in [0.2, 0.25) is 0 Å². The Kier molecular flexibility index (Phi) is 4.73. The SMILES string of the molecule is Cc1nn(-c2ccccc2Cl)c2sc(C(=O)N3CCCN(C)CC3)cc12. The van der Waals surface area contributed by atoms with E-state index in [4.69, 9.17) is 11.6 Å². The second-order valence-electron chi connectivity index (χ2n) is 6.73. The van der Waals surface area contributed by atoms with Crippen molar-refractivity contribution < 1.29 is 4.79 Å². The summed E-state index contributed by atoms with van der Waals surface area (Å²) in [5, 5.41) is 6.30. The number of fused-ring (bicyclic) bond motifs is 1. The molecule has 1 aliphatic heterocycles. The zero-order valence-electron chi connectivity index (χ0n) is 14.9. The van der Waals surface area contributed by atoms with Crippen LogP contribution in [0.1, 0.15) is 21.8 Å². The van der Waals surface area contributed by atoms with Gasteiger partial charge in [0.25, 0.3) is 5.91 Å². The van der Waals surface area contributed by atoms with Crippen molar-refractivity contribution in [3.63, 3.8) is 0 Å². The van der Waals surface area contributed by atoms with Crippen LogP contribution in [0.2, 0.25) is 5.02 Å². The second-order valence-corrected chi connectivity index (χ2v) is 8.16. The minimum atomic E-state index is 0.117. The van der Waals surface area contributed by atoms with Crippen LogP contribution < -0.4 is 0 Å². The molecule has 5 nitrogen and oxygen atoms in total. The molecular formula is C19H21ClN4OS. The molecule has 136 valence electrons. The topological polar surface area (TPSA) is 41.4 Å². The van der Waals surface area contributed by atoms with Crippen LogP contribution in [0.3, 0.4) is 0 Å². The number of para-hydroxylation sites is 1. The molecule has 4 rings (SSSR count). The van der Waals surface area contributed by atoms with Crippen molar-refractivity contribution in [2.45, 2.75) is 13.3 Å². The van der Waals surface area contributed by atoms with Gasteiger partial charge in [0, 0.05) is 25.0 Å². The minimum Gasteiger partial charge on any atom is -0.337 e. The van der Waals surface area contributed by atoms with Crippen molar-refractivity contribution in [2.75, 3.05) is 33.2 Å². The van der Waals surface area contributed by atoms with Gasteiger partial charge >= 0.3 is 0 Å². The summed E-state index contributed by atoms with van der Waals surface area (Å²) in [5.41, 5.74) is 1.75. The van der Waals surface area contributed by atoms with Crippen LogP contribution in [0.15, 0.2) is 30.3 Å². The molecule has 1 aromatic carbocycles. The standard InChI is InChI=1S/C19H21ClN4OS/c1-13-14-12-17(18(25)23-9-5-8-22(2)10-11-23)26-19(14)24(21-13)16-7-4-3-6-15(16)20/h3-4,6-7,12H,5,8-11H2,1-2H3. The highest BCUT2D eigenvalue weighted by Gasteiger charge is 2.23. The zero-order chi connectivity index (χ0) is 18.3. The van der Waals surface area contributed by atoms with E-state index in [0.29, 0.717) is 5.02 Å². The summed E-state index contributed by atoms with van der Waals surface area (Å²) in [5.74, 6) is 0.117. The Morgan fingerprint density at radius 1 is 1.19 bits per heavy atom. The molecule has 0 spiro atoms. The smallest absolute Gasteiger partial charge is 0.264 e. The summed E-state index contributed by atoms with van der Waals surface area (Å²) in [6.07, 6.45) is 1.01. The van der Waals surface area contributed by atoms with Gasteiger partial charge in [-0.15, -0.1) is 11.3 Å². The van der Waals surface area contributed by atoms with E-state index in [1.165, 1.54) is 11.3 Å². The maximum Gasteiger partial charge on any atom is 0.264 e. The van der Waals surface area contributed by atoms with Gasteiger partial charge in [-0.05, 0) is 45.1 Å². The van der Waals surface area contributed by atoms with Gasteiger partial charge in [0.15, 0.2) is 0 Å². The number of carbonyl (C=O) groups excluding carboxylic acids is 1. The van der Waals surface area contributed by atoms with E-state index in [9.17, 15) is 4.79 Å². The lowest BCUT2D eigenvalue weighted by Crippen LogP contribution is -2.34. The highest BCUT2D eigenvalue weighted by atomic mass is 35.5. The number of benzene rings is 1. The first-order valence-electron chi connectivity index (χ1n) is 8.76. The number of hydrogen-bond donors (Lipinski definition) is 0. The first-order chi connectivity index (χ1) is 12.5. The Labute approximate surface area is 161 Å². The lowest BCUT2D eigenvalue weighted by Gasteiger charge is -2.19. The summed E-state index contributed by atoms with van der Waals surface area (Å²) in [7, 11) is 2.11. The fourth-order valence-electron chi connectivity index (χ4n) is 3.34. The number of halogens is 1. The molecule has 0 radical (unpaired) electrons. The highest BCUT2D eigenvalue weighted by molar-refractivity contribution is 7.20. The third-order valence-corrected chi connectivity index (χ3v) is 6.26. The minimum absolute atomic E-state index is 0.117. The van der Waals surface area contributed by atoms with Crippen molar-refractivity contribution in [2.24, 2.45) is 0 Å². The summed E-state index contributed by atoms with van der Waals surface area (Å²) in [6, 6.07) is 9.62. The fourth-order valence-corrected chi connectivity index (χ4v) is 4.70. The summed E-state index contributed by atoms with van der Waals surface area (Å²) < 4.78 is 1.85. The molecule has 0 atom stereocenters. The number of aromatic nitrogens is 2. The molecule has 1 saturated heterocycles. The molecule has 0 bridgehead atoms. The average Bonchev–Trinajstić information content (AvgIpc) is 3.11. The maximum absolute atomic E-state index is 13.0. The Morgan fingerprint density at radius 2 is 2.00 bits per heavy atom. The molecule has 3 heterocycles. The summed E-state index contributed by atoms with van der Waals surface area (Å²) in [4.78, 5) is 19.0. The van der Waals surface area contributed by atoms with Crippen LogP contribution in [-0.4, -0.2) is 58.7 Å². The van der Waals surface area contributed by atoms with Gasteiger partial charge in [-0.25, -0.2) is 4.68 Å². The monoisotopic (exact) mass is 388 g/mol. The van der Waals surface area contributed by atoms with Crippen LogP contribution in [-0.2, 0) is 0 Å². The molecule has 2 aromatic heterocycles. The molecule has 1 aliphatic rings. The van der Waals surface area contributed by atoms with Gasteiger partial charge < -0.3 is 9.80 Å². The number of likely N-dealkylation sites (N-methyl/N-ethyl adjacent to an activating group) is 1. The van der Waals surface area contributed by atoms with Crippen LogP contribution in [0.4, 0.5) is 0 Å². The molecule has 1 fully saturated rings. The molecule has 0 unspecified atom stereocenters. The lowest BCUT2D eigenvalue weighted by molar-refractivity contribution is 0.0767. The summed E-state index contributed by atoms with van der Waals surface area (Å²) in [6.45, 7) is 5.52. The van der Waals surface area contributed by atoms with E-state index in [0.717, 1.165) is 59.1 Å². The second kappa shape index (κ2) is 7.02. The molecule has 1 amide bonds. The normalized spacial score (nSPS) is 16.2. The van der Waals surface area contributed by atoms with Crippen LogP contribution in [0.5, 0.6) is 0 Å². The third kappa shape index (κ3) is 3.13. The molecule has 0 N–H and O–H groups in total. The average molecular weight is 389 g/mol.